The number of aromatic nitrogens is 2. The number of hydrogen-bond acceptors (Lipinski definition) is 4. The van der Waals surface area contributed by atoms with Crippen molar-refractivity contribution in [3.63, 3.8) is 0 Å². The summed E-state index contributed by atoms with van der Waals surface area (Å²) in [5.74, 6) is -1.04. The highest BCUT2D eigenvalue weighted by Crippen LogP contribution is 2.31. The lowest BCUT2D eigenvalue weighted by Gasteiger charge is -2.15. The number of nitrogens with one attached hydrogen (secondary N) is 1. The second kappa shape index (κ2) is 6.72. The van der Waals surface area contributed by atoms with E-state index in [9.17, 15) is 26.4 Å². The van der Waals surface area contributed by atoms with Crippen LogP contribution in [0, 0.1) is 6.92 Å². The van der Waals surface area contributed by atoms with Gasteiger partial charge in [0.25, 0.3) is 5.91 Å². The van der Waals surface area contributed by atoms with Crippen LogP contribution < -0.4 is 5.32 Å². The number of carbonyl (C=O) groups is 1. The van der Waals surface area contributed by atoms with Gasteiger partial charge in [-0.05, 0) is 24.6 Å². The van der Waals surface area contributed by atoms with E-state index in [1.165, 1.54) is 39.3 Å². The van der Waals surface area contributed by atoms with Gasteiger partial charge in [0.15, 0.2) is 5.69 Å². The zero-order chi connectivity index (χ0) is 19.9. The fourth-order valence-electron chi connectivity index (χ4n) is 2.21. The first kappa shape index (κ1) is 19.9. The molecular formula is C15H17F3N4O3S. The minimum absolute atomic E-state index is 0.0532. The Hall–Kier alpha value is -2.40. The Morgan fingerprint density at radius 1 is 1.27 bits per heavy atom. The Morgan fingerprint density at radius 3 is 2.42 bits per heavy atom. The van der Waals surface area contributed by atoms with Crippen molar-refractivity contribution in [1.29, 1.82) is 0 Å². The maximum absolute atomic E-state index is 13.0. The predicted molar refractivity (Wildman–Crippen MR) is 88.2 cm³/mol. The zero-order valence-corrected chi connectivity index (χ0v) is 15.2. The third-order valence-electron chi connectivity index (χ3n) is 3.55. The van der Waals surface area contributed by atoms with Gasteiger partial charge in [-0.15, -0.1) is 0 Å². The van der Waals surface area contributed by atoms with Crippen molar-refractivity contribution >= 4 is 21.6 Å². The number of sulfonamides is 1. The number of nitrogens with zero attached hydrogens (tertiary/aromatic N) is 3. The molecule has 26 heavy (non-hydrogen) atoms. The first-order chi connectivity index (χ1) is 11.8. The molecule has 11 heteroatoms. The van der Waals surface area contributed by atoms with Crippen LogP contribution in [0.25, 0.3) is 0 Å². The van der Waals surface area contributed by atoms with E-state index in [0.717, 1.165) is 15.2 Å². The van der Waals surface area contributed by atoms with E-state index in [0.29, 0.717) is 5.56 Å². The van der Waals surface area contributed by atoms with Crippen LogP contribution in [0.5, 0.6) is 0 Å². The molecule has 0 fully saturated rings. The van der Waals surface area contributed by atoms with Crippen LogP contribution in [-0.4, -0.2) is 42.5 Å². The molecule has 1 N–H and O–H groups in total. The van der Waals surface area contributed by atoms with Gasteiger partial charge in [-0.1, -0.05) is 6.07 Å². The second-order valence-electron chi connectivity index (χ2n) is 5.78. The standard InChI is InChI=1S/C15H17F3N4O3S/c1-9-5-6-10(7-12(9)26(24,25)21(2)3)19-14(23)11-8-22(4)20-13(11)15(16,17)18/h5-8H,1-4H3,(H,19,23). The van der Waals surface area contributed by atoms with E-state index in [2.05, 4.69) is 10.4 Å². The molecular weight excluding hydrogens is 373 g/mol. The van der Waals surface area contributed by atoms with Gasteiger partial charge < -0.3 is 5.32 Å². The van der Waals surface area contributed by atoms with Crippen molar-refractivity contribution in [2.45, 2.75) is 18.0 Å². The molecule has 0 atom stereocenters. The Kier molecular flexibility index (Phi) is 5.15. The Bertz CT molecular complexity index is 950. The molecule has 0 aliphatic heterocycles. The van der Waals surface area contributed by atoms with E-state index in [-0.39, 0.29) is 10.6 Å². The smallest absolute Gasteiger partial charge is 0.322 e. The number of benzene rings is 1. The average molecular weight is 390 g/mol. The normalized spacial score (nSPS) is 12.5. The highest BCUT2D eigenvalue weighted by Gasteiger charge is 2.39. The summed E-state index contributed by atoms with van der Waals surface area (Å²) in [5.41, 5.74) is -1.48. The van der Waals surface area contributed by atoms with E-state index < -0.39 is 33.4 Å². The van der Waals surface area contributed by atoms with Crippen LogP contribution in [0.4, 0.5) is 18.9 Å². The van der Waals surface area contributed by atoms with Crippen LogP contribution in [0.2, 0.25) is 0 Å². The van der Waals surface area contributed by atoms with Crippen LogP contribution >= 0.6 is 0 Å². The van der Waals surface area contributed by atoms with Gasteiger partial charge in [-0.2, -0.15) is 18.3 Å². The molecule has 1 aromatic heterocycles. The third kappa shape index (κ3) is 3.88. The minimum atomic E-state index is -4.79. The fraction of sp³-hybridized carbons (Fsp3) is 0.333. The molecule has 0 saturated heterocycles. The molecule has 1 aromatic carbocycles. The lowest BCUT2D eigenvalue weighted by molar-refractivity contribution is -0.141. The van der Waals surface area contributed by atoms with Gasteiger partial charge in [0.1, 0.15) is 0 Å². The van der Waals surface area contributed by atoms with Crippen LogP contribution in [-0.2, 0) is 23.2 Å². The minimum Gasteiger partial charge on any atom is -0.322 e. The lowest BCUT2D eigenvalue weighted by atomic mass is 10.2. The number of alkyl halides is 3. The summed E-state index contributed by atoms with van der Waals surface area (Å²) in [5, 5.41) is 5.55. The van der Waals surface area contributed by atoms with Crippen molar-refractivity contribution in [2.24, 2.45) is 7.05 Å². The molecule has 0 aliphatic carbocycles. The molecule has 0 aliphatic rings. The van der Waals surface area contributed by atoms with E-state index >= 15 is 0 Å². The van der Waals surface area contributed by atoms with Crippen molar-refractivity contribution in [3.8, 4) is 0 Å². The van der Waals surface area contributed by atoms with Crippen molar-refractivity contribution in [1.82, 2.24) is 14.1 Å². The van der Waals surface area contributed by atoms with Crippen molar-refractivity contribution in [3.05, 3.63) is 41.2 Å². The quantitative estimate of drug-likeness (QED) is 0.868. The number of halogens is 3. The monoisotopic (exact) mass is 390 g/mol. The Labute approximate surface area is 148 Å². The van der Waals surface area contributed by atoms with Crippen molar-refractivity contribution in [2.75, 3.05) is 19.4 Å². The van der Waals surface area contributed by atoms with Gasteiger partial charge in [-0.3, -0.25) is 9.48 Å². The van der Waals surface area contributed by atoms with Gasteiger partial charge in [-0.25, -0.2) is 12.7 Å². The summed E-state index contributed by atoms with van der Waals surface area (Å²) in [4.78, 5) is 12.2. The molecule has 0 saturated carbocycles. The second-order valence-corrected chi connectivity index (χ2v) is 7.90. The molecule has 2 aromatic rings. The number of anilines is 1. The molecule has 2 rings (SSSR count). The molecule has 7 nitrogen and oxygen atoms in total. The predicted octanol–water partition coefficient (Wildman–Crippen LogP) is 2.25. The zero-order valence-electron chi connectivity index (χ0n) is 14.4. The average Bonchev–Trinajstić information content (AvgIpc) is 2.91. The summed E-state index contributed by atoms with van der Waals surface area (Å²) in [7, 11) is 0.196. The van der Waals surface area contributed by atoms with Crippen molar-refractivity contribution < 1.29 is 26.4 Å². The third-order valence-corrected chi connectivity index (χ3v) is 5.50. The summed E-state index contributed by atoms with van der Waals surface area (Å²) in [6, 6.07) is 4.07. The van der Waals surface area contributed by atoms with Gasteiger partial charge >= 0.3 is 6.18 Å². The van der Waals surface area contributed by atoms with E-state index in [4.69, 9.17) is 0 Å². The number of amides is 1. The summed E-state index contributed by atoms with van der Waals surface area (Å²) < 4.78 is 65.4. The van der Waals surface area contributed by atoms with E-state index in [1.807, 2.05) is 0 Å². The van der Waals surface area contributed by atoms with Gasteiger partial charge in [0, 0.05) is 33.0 Å². The van der Waals surface area contributed by atoms with Crippen LogP contribution in [0.1, 0.15) is 21.6 Å². The topological polar surface area (TPSA) is 84.3 Å². The molecule has 0 unspecified atom stereocenters. The SMILES string of the molecule is Cc1ccc(NC(=O)c2cn(C)nc2C(F)(F)F)cc1S(=O)(=O)N(C)C. The highest BCUT2D eigenvalue weighted by molar-refractivity contribution is 7.89. The number of hydrogen-bond donors (Lipinski definition) is 1. The molecule has 0 bridgehead atoms. The first-order valence-corrected chi connectivity index (χ1v) is 8.73. The van der Waals surface area contributed by atoms with Crippen LogP contribution in [0.3, 0.4) is 0 Å². The molecule has 1 amide bonds. The number of carbonyl (C=O) groups excluding carboxylic acids is 1. The fourth-order valence-corrected chi connectivity index (χ4v) is 3.36. The van der Waals surface area contributed by atoms with Gasteiger partial charge in [0.2, 0.25) is 10.0 Å². The van der Waals surface area contributed by atoms with Crippen LogP contribution in [0.15, 0.2) is 29.3 Å². The highest BCUT2D eigenvalue weighted by atomic mass is 32.2. The Morgan fingerprint density at radius 2 is 1.88 bits per heavy atom. The summed E-state index contributed by atoms with van der Waals surface area (Å²) in [6.45, 7) is 1.57. The number of aryl methyl sites for hydroxylation is 2. The molecule has 0 spiro atoms. The molecule has 0 radical (unpaired) electrons. The maximum atomic E-state index is 13.0. The molecule has 142 valence electrons. The summed E-state index contributed by atoms with van der Waals surface area (Å²) >= 11 is 0. The largest absolute Gasteiger partial charge is 0.435 e. The van der Waals surface area contributed by atoms with Gasteiger partial charge in [0.05, 0.1) is 10.5 Å². The maximum Gasteiger partial charge on any atom is 0.435 e. The molecule has 1 heterocycles. The summed E-state index contributed by atoms with van der Waals surface area (Å²) in [6.07, 6.45) is -3.84. The lowest BCUT2D eigenvalue weighted by Crippen LogP contribution is -2.23. The Balaban J connectivity index is 2.41. The first-order valence-electron chi connectivity index (χ1n) is 7.29. The number of rotatable bonds is 4. The van der Waals surface area contributed by atoms with E-state index in [1.54, 1.807) is 6.92 Å².